The lowest BCUT2D eigenvalue weighted by molar-refractivity contribution is -0.0761. The Hall–Kier alpha value is -0.810. The van der Waals surface area contributed by atoms with Gasteiger partial charge in [0.2, 0.25) is 0 Å². The second-order valence-corrected chi connectivity index (χ2v) is 5.62. The summed E-state index contributed by atoms with van der Waals surface area (Å²) in [7, 11) is 0. The van der Waals surface area contributed by atoms with Gasteiger partial charge >= 0.3 is 6.09 Å². The van der Waals surface area contributed by atoms with E-state index in [1.54, 1.807) is 0 Å². The minimum atomic E-state index is -0.495. The smallest absolute Gasteiger partial charge is 0.407 e. The zero-order valence-corrected chi connectivity index (χ0v) is 11.0. The third-order valence-corrected chi connectivity index (χ3v) is 2.63. The van der Waals surface area contributed by atoms with Crippen molar-refractivity contribution in [3.05, 3.63) is 0 Å². The second-order valence-electron chi connectivity index (χ2n) is 5.62. The van der Waals surface area contributed by atoms with E-state index in [0.717, 1.165) is 0 Å². The van der Waals surface area contributed by atoms with Crippen LogP contribution in [0.25, 0.3) is 0 Å². The van der Waals surface area contributed by atoms with Crippen LogP contribution in [0.4, 0.5) is 4.79 Å². The third-order valence-electron chi connectivity index (χ3n) is 2.63. The number of amides is 1. The Bertz CT molecular complexity index is 262. The molecule has 0 radical (unpaired) electrons. The van der Waals surface area contributed by atoms with Crippen LogP contribution in [0.15, 0.2) is 0 Å². The highest BCUT2D eigenvalue weighted by atomic mass is 16.6. The molecular weight excluding hydrogens is 222 g/mol. The van der Waals surface area contributed by atoms with Crippen LogP contribution < -0.4 is 5.32 Å². The fourth-order valence-electron chi connectivity index (χ4n) is 1.62. The number of hydrogen-bond donors (Lipinski definition) is 2. The molecule has 1 heterocycles. The predicted octanol–water partition coefficient (Wildman–Crippen LogP) is 1.30. The quantitative estimate of drug-likeness (QED) is 0.769. The van der Waals surface area contributed by atoms with Gasteiger partial charge in [-0.05, 0) is 20.8 Å². The zero-order chi connectivity index (χ0) is 13.1. The summed E-state index contributed by atoms with van der Waals surface area (Å²) >= 11 is 0. The first-order chi connectivity index (χ1) is 7.78. The molecule has 1 rings (SSSR count). The first kappa shape index (κ1) is 14.3. The Balaban J connectivity index is 2.25. The summed E-state index contributed by atoms with van der Waals surface area (Å²) in [6, 6.07) is 0. The number of carbonyl (C=O) groups excluding carboxylic acids is 1. The predicted molar refractivity (Wildman–Crippen MR) is 63.8 cm³/mol. The second kappa shape index (κ2) is 5.69. The highest BCUT2D eigenvalue weighted by Crippen LogP contribution is 2.18. The zero-order valence-electron chi connectivity index (χ0n) is 11.0. The van der Waals surface area contributed by atoms with Crippen molar-refractivity contribution in [3.8, 4) is 0 Å². The molecule has 0 aromatic heterocycles. The van der Waals surface area contributed by atoms with Crippen molar-refractivity contribution in [1.29, 1.82) is 0 Å². The maximum Gasteiger partial charge on any atom is 0.407 e. The highest BCUT2D eigenvalue weighted by Gasteiger charge is 2.27. The van der Waals surface area contributed by atoms with E-state index < -0.39 is 11.7 Å². The van der Waals surface area contributed by atoms with Crippen LogP contribution in [0.3, 0.4) is 0 Å². The van der Waals surface area contributed by atoms with E-state index in [-0.39, 0.29) is 18.1 Å². The SMILES string of the molecule is CC1CO[C@H](CNC(=O)OC(C)(C)C)C[C@@H]1O. The lowest BCUT2D eigenvalue weighted by atomic mass is 9.97. The van der Waals surface area contributed by atoms with Gasteiger partial charge in [0.1, 0.15) is 5.60 Å². The van der Waals surface area contributed by atoms with Gasteiger partial charge in [0.05, 0.1) is 18.8 Å². The van der Waals surface area contributed by atoms with Crippen LogP contribution in [-0.2, 0) is 9.47 Å². The van der Waals surface area contributed by atoms with Gasteiger partial charge < -0.3 is 19.9 Å². The van der Waals surface area contributed by atoms with Crippen molar-refractivity contribution in [1.82, 2.24) is 5.32 Å². The largest absolute Gasteiger partial charge is 0.444 e. The Morgan fingerprint density at radius 3 is 2.71 bits per heavy atom. The van der Waals surface area contributed by atoms with Gasteiger partial charge in [-0.3, -0.25) is 0 Å². The fraction of sp³-hybridized carbons (Fsp3) is 0.917. The minimum absolute atomic E-state index is 0.131. The molecule has 1 unspecified atom stereocenters. The average molecular weight is 245 g/mol. The van der Waals surface area contributed by atoms with E-state index in [9.17, 15) is 9.90 Å². The molecule has 17 heavy (non-hydrogen) atoms. The summed E-state index contributed by atoms with van der Waals surface area (Å²) in [5, 5.41) is 12.3. The number of ether oxygens (including phenoxy) is 2. The number of nitrogens with one attached hydrogen (secondary N) is 1. The molecule has 0 saturated carbocycles. The van der Waals surface area contributed by atoms with Crippen LogP contribution in [-0.4, -0.2) is 42.2 Å². The molecule has 0 bridgehead atoms. The Labute approximate surface area is 102 Å². The van der Waals surface area contributed by atoms with Crippen LogP contribution in [0, 0.1) is 5.92 Å². The molecule has 3 atom stereocenters. The molecule has 0 aliphatic carbocycles. The summed E-state index contributed by atoms with van der Waals surface area (Å²) in [5.41, 5.74) is -0.495. The van der Waals surface area contributed by atoms with E-state index >= 15 is 0 Å². The molecule has 0 spiro atoms. The standard InChI is InChI=1S/C12H23NO4/c1-8-7-16-9(5-10(8)14)6-13-11(15)17-12(2,3)4/h8-10,14H,5-7H2,1-4H3,(H,13,15)/t8?,9-,10-/m0/s1. The minimum Gasteiger partial charge on any atom is -0.444 e. The molecular formula is C12H23NO4. The van der Waals surface area contributed by atoms with E-state index in [1.165, 1.54) is 0 Å². The summed E-state index contributed by atoms with van der Waals surface area (Å²) in [5.74, 6) is 0.160. The van der Waals surface area contributed by atoms with Gasteiger partial charge in [-0.2, -0.15) is 0 Å². The van der Waals surface area contributed by atoms with Crippen LogP contribution in [0.2, 0.25) is 0 Å². The number of alkyl carbamates (subject to hydrolysis) is 1. The summed E-state index contributed by atoms with van der Waals surface area (Å²) in [6.07, 6.45) is -0.381. The van der Waals surface area contributed by atoms with Gasteiger partial charge in [0, 0.05) is 18.9 Å². The number of aliphatic hydroxyl groups is 1. The molecule has 1 aliphatic rings. The highest BCUT2D eigenvalue weighted by molar-refractivity contribution is 5.67. The number of hydrogen-bond acceptors (Lipinski definition) is 4. The number of rotatable bonds is 2. The summed E-state index contributed by atoms with van der Waals surface area (Å²) in [4.78, 5) is 11.4. The van der Waals surface area contributed by atoms with E-state index in [0.29, 0.717) is 19.6 Å². The molecule has 1 fully saturated rings. The third kappa shape index (κ3) is 5.37. The lowest BCUT2D eigenvalue weighted by Crippen LogP contribution is -2.43. The molecule has 5 heteroatoms. The molecule has 0 aromatic carbocycles. The Morgan fingerprint density at radius 1 is 1.53 bits per heavy atom. The molecule has 1 saturated heterocycles. The molecule has 100 valence electrons. The monoisotopic (exact) mass is 245 g/mol. The fourth-order valence-corrected chi connectivity index (χ4v) is 1.62. The molecule has 5 nitrogen and oxygen atoms in total. The van der Waals surface area contributed by atoms with Gasteiger partial charge in [0.15, 0.2) is 0 Å². The van der Waals surface area contributed by atoms with Gasteiger partial charge in [-0.1, -0.05) is 6.92 Å². The van der Waals surface area contributed by atoms with Crippen molar-refractivity contribution in [2.24, 2.45) is 5.92 Å². The average Bonchev–Trinajstić information content (AvgIpc) is 2.17. The number of carbonyl (C=O) groups is 1. The Morgan fingerprint density at radius 2 is 2.18 bits per heavy atom. The van der Waals surface area contributed by atoms with Crippen molar-refractivity contribution in [2.75, 3.05) is 13.2 Å². The first-order valence-corrected chi connectivity index (χ1v) is 6.04. The van der Waals surface area contributed by atoms with Crippen LogP contribution in [0.1, 0.15) is 34.1 Å². The molecule has 1 amide bonds. The van der Waals surface area contributed by atoms with Crippen molar-refractivity contribution in [2.45, 2.75) is 51.9 Å². The lowest BCUT2D eigenvalue weighted by Gasteiger charge is -2.31. The van der Waals surface area contributed by atoms with Crippen molar-refractivity contribution in [3.63, 3.8) is 0 Å². The normalized spacial score (nSPS) is 29.8. The molecule has 0 aromatic rings. The molecule has 1 aliphatic heterocycles. The van der Waals surface area contributed by atoms with Crippen molar-refractivity contribution < 1.29 is 19.4 Å². The maximum atomic E-state index is 11.4. The van der Waals surface area contributed by atoms with Gasteiger partial charge in [-0.15, -0.1) is 0 Å². The van der Waals surface area contributed by atoms with Gasteiger partial charge in [-0.25, -0.2) is 4.79 Å². The van der Waals surface area contributed by atoms with E-state index in [1.807, 2.05) is 27.7 Å². The molecule has 2 N–H and O–H groups in total. The van der Waals surface area contributed by atoms with Crippen LogP contribution in [0.5, 0.6) is 0 Å². The van der Waals surface area contributed by atoms with Crippen molar-refractivity contribution >= 4 is 6.09 Å². The number of aliphatic hydroxyl groups excluding tert-OH is 1. The van der Waals surface area contributed by atoms with Crippen LogP contribution >= 0.6 is 0 Å². The maximum absolute atomic E-state index is 11.4. The van der Waals surface area contributed by atoms with E-state index in [2.05, 4.69) is 5.32 Å². The summed E-state index contributed by atoms with van der Waals surface area (Å²) in [6.45, 7) is 8.29. The first-order valence-electron chi connectivity index (χ1n) is 6.04. The topological polar surface area (TPSA) is 67.8 Å². The van der Waals surface area contributed by atoms with E-state index in [4.69, 9.17) is 9.47 Å². The summed E-state index contributed by atoms with van der Waals surface area (Å²) < 4.78 is 10.6. The Kier molecular flexibility index (Phi) is 4.77. The van der Waals surface area contributed by atoms with Gasteiger partial charge in [0.25, 0.3) is 0 Å².